The topological polar surface area (TPSA) is 44.8 Å². The molecule has 3 rings (SSSR count). The summed E-state index contributed by atoms with van der Waals surface area (Å²) in [6.07, 6.45) is 2.42. The maximum Gasteiger partial charge on any atom is 0.170 e. The largest absolute Gasteiger partial charge is 0.490 e. The monoisotopic (exact) mass is 276 g/mol. The molecule has 0 aliphatic carbocycles. The summed E-state index contributed by atoms with van der Waals surface area (Å²) in [6.45, 7) is 5.36. The molecule has 4 heteroatoms. The molecule has 0 atom stereocenters. The van der Waals surface area contributed by atoms with E-state index in [1.54, 1.807) is 0 Å². The minimum Gasteiger partial charge on any atom is -0.490 e. The van der Waals surface area contributed by atoms with Gasteiger partial charge in [0, 0.05) is 18.9 Å². The Morgan fingerprint density at radius 2 is 2.00 bits per heavy atom. The first-order chi connectivity index (χ1) is 9.53. The zero-order valence-corrected chi connectivity index (χ0v) is 12.0. The van der Waals surface area contributed by atoms with Crippen LogP contribution in [0.15, 0.2) is 18.2 Å². The number of carbonyl (C=O) groups excluding carboxylic acids is 1. The quantitative estimate of drug-likeness (QED) is 0.833. The van der Waals surface area contributed by atoms with Crippen molar-refractivity contribution in [3.05, 3.63) is 23.8 Å². The molecule has 0 bridgehead atoms. The van der Waals surface area contributed by atoms with Crippen LogP contribution in [0.3, 0.4) is 0 Å². The summed E-state index contributed by atoms with van der Waals surface area (Å²) in [6, 6.07) is 5.50. The van der Waals surface area contributed by atoms with Crippen LogP contribution in [0.4, 0.5) is 0 Å². The Morgan fingerprint density at radius 1 is 1.25 bits per heavy atom. The van der Waals surface area contributed by atoms with Crippen molar-refractivity contribution in [1.82, 2.24) is 0 Å². The Kier molecular flexibility index (Phi) is 3.42. The predicted octanol–water partition coefficient (Wildman–Crippen LogP) is 2.99. The summed E-state index contributed by atoms with van der Waals surface area (Å²) in [5.41, 5.74) is 0.213. The number of fused-ring (bicyclic) bond motifs is 1. The van der Waals surface area contributed by atoms with E-state index in [2.05, 4.69) is 0 Å². The van der Waals surface area contributed by atoms with E-state index >= 15 is 0 Å². The van der Waals surface area contributed by atoms with E-state index in [1.807, 2.05) is 32.0 Å². The van der Waals surface area contributed by atoms with Gasteiger partial charge in [-0.2, -0.15) is 0 Å². The highest BCUT2D eigenvalue weighted by molar-refractivity contribution is 6.00. The van der Waals surface area contributed by atoms with Gasteiger partial charge in [-0.1, -0.05) is 0 Å². The van der Waals surface area contributed by atoms with Crippen molar-refractivity contribution in [2.75, 3.05) is 13.2 Å². The lowest BCUT2D eigenvalue weighted by atomic mass is 9.93. The third-order valence-corrected chi connectivity index (χ3v) is 3.70. The first-order valence-corrected chi connectivity index (χ1v) is 7.14. The molecule has 0 saturated carbocycles. The molecule has 0 N–H and O–H groups in total. The average Bonchev–Trinajstić information content (AvgIpc) is 2.38. The maximum atomic E-state index is 12.1. The Balaban J connectivity index is 1.79. The van der Waals surface area contributed by atoms with Crippen LogP contribution in [0.1, 0.15) is 43.5 Å². The smallest absolute Gasteiger partial charge is 0.170 e. The van der Waals surface area contributed by atoms with Crippen LogP contribution in [0.25, 0.3) is 0 Å². The van der Waals surface area contributed by atoms with Crippen molar-refractivity contribution < 1.29 is 19.0 Å². The van der Waals surface area contributed by atoms with Crippen LogP contribution in [0.2, 0.25) is 0 Å². The van der Waals surface area contributed by atoms with Gasteiger partial charge in [0.15, 0.2) is 5.78 Å². The van der Waals surface area contributed by atoms with Crippen molar-refractivity contribution in [1.29, 1.82) is 0 Å². The van der Waals surface area contributed by atoms with E-state index in [0.29, 0.717) is 17.7 Å². The predicted molar refractivity (Wildman–Crippen MR) is 74.6 cm³/mol. The number of carbonyl (C=O) groups is 1. The fraction of sp³-hybridized carbons (Fsp3) is 0.562. The lowest BCUT2D eigenvalue weighted by Crippen LogP contribution is -2.35. The molecule has 0 amide bonds. The SMILES string of the molecule is CC1(C)CC(=O)c2ccc(OC3CCOCC3)cc2O1. The molecule has 2 heterocycles. The lowest BCUT2D eigenvalue weighted by Gasteiger charge is -2.32. The van der Waals surface area contributed by atoms with Gasteiger partial charge in [0.25, 0.3) is 0 Å². The number of ether oxygens (including phenoxy) is 3. The van der Waals surface area contributed by atoms with Crippen LogP contribution in [-0.2, 0) is 4.74 Å². The molecule has 0 spiro atoms. The van der Waals surface area contributed by atoms with Crippen molar-refractivity contribution in [2.24, 2.45) is 0 Å². The zero-order valence-electron chi connectivity index (χ0n) is 12.0. The van der Waals surface area contributed by atoms with Gasteiger partial charge in [-0.15, -0.1) is 0 Å². The van der Waals surface area contributed by atoms with Gasteiger partial charge in [-0.3, -0.25) is 4.79 Å². The van der Waals surface area contributed by atoms with E-state index in [-0.39, 0.29) is 11.9 Å². The lowest BCUT2D eigenvalue weighted by molar-refractivity contribution is 0.0252. The highest BCUT2D eigenvalue weighted by Crippen LogP contribution is 2.36. The van der Waals surface area contributed by atoms with Gasteiger partial charge < -0.3 is 14.2 Å². The zero-order chi connectivity index (χ0) is 14.2. The summed E-state index contributed by atoms with van der Waals surface area (Å²) in [7, 11) is 0. The molecule has 0 radical (unpaired) electrons. The molecule has 0 aromatic heterocycles. The summed E-state index contributed by atoms with van der Waals surface area (Å²) in [4.78, 5) is 12.1. The number of hydrogen-bond donors (Lipinski definition) is 0. The van der Waals surface area contributed by atoms with Crippen LogP contribution in [0, 0.1) is 0 Å². The fourth-order valence-electron chi connectivity index (χ4n) is 2.69. The molecular formula is C16H20O4. The van der Waals surface area contributed by atoms with Crippen molar-refractivity contribution in [2.45, 2.75) is 44.8 Å². The van der Waals surface area contributed by atoms with Crippen molar-refractivity contribution >= 4 is 5.78 Å². The minimum absolute atomic E-state index is 0.133. The van der Waals surface area contributed by atoms with E-state index < -0.39 is 5.60 Å². The highest BCUT2D eigenvalue weighted by atomic mass is 16.5. The van der Waals surface area contributed by atoms with Crippen LogP contribution < -0.4 is 9.47 Å². The molecule has 108 valence electrons. The van der Waals surface area contributed by atoms with Crippen LogP contribution in [0.5, 0.6) is 11.5 Å². The number of rotatable bonds is 2. The molecule has 4 nitrogen and oxygen atoms in total. The molecule has 1 aromatic rings. The molecule has 20 heavy (non-hydrogen) atoms. The number of benzene rings is 1. The second-order valence-corrected chi connectivity index (χ2v) is 6.05. The summed E-state index contributed by atoms with van der Waals surface area (Å²) >= 11 is 0. The Labute approximate surface area is 119 Å². The number of ketones is 1. The van der Waals surface area contributed by atoms with Crippen LogP contribution in [-0.4, -0.2) is 30.7 Å². The maximum absolute atomic E-state index is 12.1. The van der Waals surface area contributed by atoms with Gasteiger partial charge in [-0.05, 0) is 26.0 Å². The Bertz CT molecular complexity index is 515. The summed E-state index contributed by atoms with van der Waals surface area (Å²) in [5.74, 6) is 1.53. The molecule has 2 aliphatic heterocycles. The molecule has 1 aromatic carbocycles. The first kappa shape index (κ1) is 13.4. The minimum atomic E-state index is -0.443. The van der Waals surface area contributed by atoms with Gasteiger partial charge in [0.1, 0.15) is 23.2 Å². The normalized spacial score (nSPS) is 22.0. The molecule has 1 saturated heterocycles. The van der Waals surface area contributed by atoms with E-state index in [9.17, 15) is 4.79 Å². The third kappa shape index (κ3) is 2.80. The van der Waals surface area contributed by atoms with Crippen molar-refractivity contribution in [3.8, 4) is 11.5 Å². The second-order valence-electron chi connectivity index (χ2n) is 6.05. The van der Waals surface area contributed by atoms with Gasteiger partial charge in [-0.25, -0.2) is 0 Å². The van der Waals surface area contributed by atoms with Crippen molar-refractivity contribution in [3.63, 3.8) is 0 Å². The van der Waals surface area contributed by atoms with Crippen LogP contribution >= 0.6 is 0 Å². The average molecular weight is 276 g/mol. The second kappa shape index (κ2) is 5.09. The highest BCUT2D eigenvalue weighted by Gasteiger charge is 2.32. The fourth-order valence-corrected chi connectivity index (χ4v) is 2.69. The summed E-state index contributed by atoms with van der Waals surface area (Å²) < 4.78 is 17.2. The Morgan fingerprint density at radius 3 is 2.75 bits per heavy atom. The van der Waals surface area contributed by atoms with E-state index in [1.165, 1.54) is 0 Å². The molecule has 1 fully saturated rings. The summed E-state index contributed by atoms with van der Waals surface area (Å²) in [5, 5.41) is 0. The van der Waals surface area contributed by atoms with Gasteiger partial charge in [0.2, 0.25) is 0 Å². The molecular weight excluding hydrogens is 256 g/mol. The molecule has 2 aliphatic rings. The standard InChI is InChI=1S/C16H20O4/c1-16(2)10-14(17)13-4-3-12(9-15(13)20-16)19-11-5-7-18-8-6-11/h3-4,9,11H,5-8,10H2,1-2H3. The van der Waals surface area contributed by atoms with Gasteiger partial charge in [0.05, 0.1) is 25.2 Å². The van der Waals surface area contributed by atoms with Gasteiger partial charge >= 0.3 is 0 Å². The van der Waals surface area contributed by atoms with E-state index in [0.717, 1.165) is 31.8 Å². The van der Waals surface area contributed by atoms with E-state index in [4.69, 9.17) is 14.2 Å². The first-order valence-electron chi connectivity index (χ1n) is 7.14. The molecule has 0 unspecified atom stereocenters. The third-order valence-electron chi connectivity index (χ3n) is 3.70. The number of Topliss-reactive ketones (excluding diaryl/α,β-unsaturated/α-hetero) is 1. The Hall–Kier alpha value is -1.55. The number of hydrogen-bond acceptors (Lipinski definition) is 4.